The molecule has 2 N–H and O–H groups in total. The van der Waals surface area contributed by atoms with Crippen LogP contribution in [0.1, 0.15) is 28.4 Å². The van der Waals surface area contributed by atoms with Crippen molar-refractivity contribution in [3.8, 4) is 11.5 Å². The fourth-order valence-corrected chi connectivity index (χ4v) is 4.52. The number of carbonyl (C=O) groups is 1. The molecule has 0 aliphatic carbocycles. The number of hydrogen-bond acceptors (Lipinski definition) is 5. The minimum Gasteiger partial charge on any atom is -0.497 e. The van der Waals surface area contributed by atoms with Gasteiger partial charge in [-0.25, -0.2) is 8.42 Å². The molecule has 1 heterocycles. The fourth-order valence-electron chi connectivity index (χ4n) is 3.41. The van der Waals surface area contributed by atoms with Gasteiger partial charge in [0.2, 0.25) is 0 Å². The molecule has 31 heavy (non-hydrogen) atoms. The Bertz CT molecular complexity index is 1190. The maximum atomic E-state index is 12.8. The summed E-state index contributed by atoms with van der Waals surface area (Å²) in [6.45, 7) is 0.502. The summed E-state index contributed by atoms with van der Waals surface area (Å²) in [7, 11) is -2.33. The lowest BCUT2D eigenvalue weighted by Crippen LogP contribution is -2.32. The first kappa shape index (κ1) is 20.7. The van der Waals surface area contributed by atoms with Gasteiger partial charge in [0.1, 0.15) is 11.5 Å². The number of nitrogens with one attached hydrogen (secondary N) is 2. The van der Waals surface area contributed by atoms with Crippen molar-refractivity contribution in [3.63, 3.8) is 0 Å². The molecule has 7 nitrogen and oxygen atoms in total. The van der Waals surface area contributed by atoms with Crippen LogP contribution in [0.4, 0.5) is 5.69 Å². The van der Waals surface area contributed by atoms with Crippen molar-refractivity contribution in [3.05, 3.63) is 83.9 Å². The van der Waals surface area contributed by atoms with E-state index in [1.165, 1.54) is 19.2 Å². The summed E-state index contributed by atoms with van der Waals surface area (Å²) < 4.78 is 38.8. The summed E-state index contributed by atoms with van der Waals surface area (Å²) in [5, 5.41) is 2.98. The maximum absolute atomic E-state index is 12.8. The summed E-state index contributed by atoms with van der Waals surface area (Å²) >= 11 is 0. The lowest BCUT2D eigenvalue weighted by atomic mass is 10.00. The number of hydrogen-bond donors (Lipinski definition) is 2. The summed E-state index contributed by atoms with van der Waals surface area (Å²) in [5.74, 6) is 1.03. The average molecular weight is 439 g/mol. The van der Waals surface area contributed by atoms with Crippen LogP contribution in [0.25, 0.3) is 0 Å². The van der Waals surface area contributed by atoms with Gasteiger partial charge in [-0.3, -0.25) is 9.52 Å². The van der Waals surface area contributed by atoms with Crippen LogP contribution in [0.5, 0.6) is 11.5 Å². The number of amides is 1. The molecule has 0 aromatic heterocycles. The molecule has 1 atom stereocenters. The Kier molecular flexibility index (Phi) is 5.81. The Morgan fingerprint density at radius 1 is 1.03 bits per heavy atom. The van der Waals surface area contributed by atoms with Crippen LogP contribution in [-0.4, -0.2) is 28.0 Å². The summed E-state index contributed by atoms with van der Waals surface area (Å²) in [6.07, 6.45) is 0.639. The van der Waals surface area contributed by atoms with Crippen LogP contribution >= 0.6 is 0 Å². The van der Waals surface area contributed by atoms with Crippen molar-refractivity contribution in [2.24, 2.45) is 0 Å². The highest BCUT2D eigenvalue weighted by atomic mass is 32.2. The van der Waals surface area contributed by atoms with Crippen molar-refractivity contribution in [2.75, 3.05) is 18.4 Å². The SMILES string of the molecule is COc1ccc(NS(=O)(=O)c2cccc(C(=O)NC3CCOc4ccccc43)c2)cc1. The largest absolute Gasteiger partial charge is 0.497 e. The van der Waals surface area contributed by atoms with Gasteiger partial charge in [0.15, 0.2) is 0 Å². The molecular weight excluding hydrogens is 416 g/mol. The van der Waals surface area contributed by atoms with Gasteiger partial charge in [0.05, 0.1) is 24.7 Å². The Balaban J connectivity index is 1.51. The normalized spacial score (nSPS) is 15.3. The zero-order valence-corrected chi connectivity index (χ0v) is 17.7. The first-order chi connectivity index (χ1) is 15.0. The molecule has 160 valence electrons. The van der Waals surface area contributed by atoms with Gasteiger partial charge in [0.25, 0.3) is 15.9 Å². The lowest BCUT2D eigenvalue weighted by Gasteiger charge is -2.26. The minimum atomic E-state index is -3.86. The third-order valence-electron chi connectivity index (χ3n) is 5.01. The van der Waals surface area contributed by atoms with Crippen molar-refractivity contribution >= 4 is 21.6 Å². The highest BCUT2D eigenvalue weighted by Crippen LogP contribution is 2.31. The topological polar surface area (TPSA) is 93.7 Å². The molecule has 1 aliphatic heterocycles. The highest BCUT2D eigenvalue weighted by molar-refractivity contribution is 7.92. The predicted octanol–water partition coefficient (Wildman–Crippen LogP) is 3.75. The smallest absolute Gasteiger partial charge is 0.261 e. The van der Waals surface area contributed by atoms with Crippen LogP contribution in [0.2, 0.25) is 0 Å². The number of para-hydroxylation sites is 1. The number of rotatable bonds is 6. The van der Waals surface area contributed by atoms with Crippen LogP contribution in [0.15, 0.2) is 77.7 Å². The monoisotopic (exact) mass is 438 g/mol. The van der Waals surface area contributed by atoms with Gasteiger partial charge in [0, 0.05) is 23.2 Å². The Morgan fingerprint density at radius 2 is 1.81 bits per heavy atom. The van der Waals surface area contributed by atoms with Gasteiger partial charge >= 0.3 is 0 Å². The van der Waals surface area contributed by atoms with Crippen LogP contribution < -0.4 is 19.5 Å². The molecule has 0 fully saturated rings. The number of carbonyl (C=O) groups excluding carboxylic acids is 1. The van der Waals surface area contributed by atoms with Crippen molar-refractivity contribution in [1.82, 2.24) is 5.32 Å². The number of ether oxygens (including phenoxy) is 2. The molecule has 3 aromatic carbocycles. The molecule has 4 rings (SSSR count). The molecular formula is C23H22N2O5S. The Hall–Kier alpha value is -3.52. The van der Waals surface area contributed by atoms with E-state index in [4.69, 9.17) is 9.47 Å². The molecule has 1 aliphatic rings. The molecule has 8 heteroatoms. The zero-order chi connectivity index (χ0) is 21.8. The van der Waals surface area contributed by atoms with E-state index >= 15 is 0 Å². The number of benzene rings is 3. The third-order valence-corrected chi connectivity index (χ3v) is 6.39. The van der Waals surface area contributed by atoms with E-state index in [0.29, 0.717) is 24.5 Å². The second-order valence-electron chi connectivity index (χ2n) is 7.06. The standard InChI is InChI=1S/C23H22N2O5S/c1-29-18-11-9-17(10-12-18)25-31(27,28)19-6-4-5-16(15-19)23(26)24-21-13-14-30-22-8-3-2-7-20(21)22/h2-12,15,21,25H,13-14H2,1H3,(H,24,26). The number of fused-ring (bicyclic) bond motifs is 1. The summed E-state index contributed by atoms with van der Waals surface area (Å²) in [6, 6.07) is 19.9. The van der Waals surface area contributed by atoms with Gasteiger partial charge in [-0.2, -0.15) is 0 Å². The van der Waals surface area contributed by atoms with Gasteiger partial charge in [-0.05, 0) is 48.5 Å². The van der Waals surface area contributed by atoms with E-state index in [-0.39, 0.29) is 22.4 Å². The van der Waals surface area contributed by atoms with Crippen molar-refractivity contribution in [2.45, 2.75) is 17.4 Å². The molecule has 0 bridgehead atoms. The predicted molar refractivity (Wildman–Crippen MR) is 117 cm³/mol. The Morgan fingerprint density at radius 3 is 2.58 bits per heavy atom. The molecule has 1 unspecified atom stereocenters. The highest BCUT2D eigenvalue weighted by Gasteiger charge is 2.24. The van der Waals surface area contributed by atoms with E-state index in [1.807, 2.05) is 24.3 Å². The van der Waals surface area contributed by atoms with Crippen molar-refractivity contribution in [1.29, 1.82) is 0 Å². The number of sulfonamides is 1. The fraction of sp³-hybridized carbons (Fsp3) is 0.174. The molecule has 1 amide bonds. The van der Waals surface area contributed by atoms with Crippen molar-refractivity contribution < 1.29 is 22.7 Å². The molecule has 0 radical (unpaired) electrons. The second kappa shape index (κ2) is 8.69. The van der Waals surface area contributed by atoms with Crippen LogP contribution in [0, 0.1) is 0 Å². The molecule has 0 spiro atoms. The third kappa shape index (κ3) is 4.64. The van der Waals surface area contributed by atoms with E-state index in [9.17, 15) is 13.2 Å². The van der Waals surface area contributed by atoms with Crippen LogP contribution in [0.3, 0.4) is 0 Å². The van der Waals surface area contributed by atoms with Crippen LogP contribution in [-0.2, 0) is 10.0 Å². The Labute approximate surface area is 181 Å². The van der Waals surface area contributed by atoms with Gasteiger partial charge in [-0.15, -0.1) is 0 Å². The zero-order valence-electron chi connectivity index (χ0n) is 16.9. The maximum Gasteiger partial charge on any atom is 0.261 e. The number of anilines is 1. The first-order valence-electron chi connectivity index (χ1n) is 9.76. The van der Waals surface area contributed by atoms with E-state index in [0.717, 1.165) is 11.3 Å². The minimum absolute atomic E-state index is 0.00310. The molecule has 0 saturated heterocycles. The number of methoxy groups -OCH3 is 1. The van der Waals surface area contributed by atoms with E-state index in [1.54, 1.807) is 36.4 Å². The van der Waals surface area contributed by atoms with E-state index < -0.39 is 10.0 Å². The van der Waals surface area contributed by atoms with E-state index in [2.05, 4.69) is 10.0 Å². The lowest BCUT2D eigenvalue weighted by molar-refractivity contribution is 0.0924. The molecule has 3 aromatic rings. The van der Waals surface area contributed by atoms with Gasteiger partial charge < -0.3 is 14.8 Å². The average Bonchev–Trinajstić information content (AvgIpc) is 2.80. The quantitative estimate of drug-likeness (QED) is 0.611. The summed E-state index contributed by atoms with van der Waals surface area (Å²) in [4.78, 5) is 12.9. The molecule has 0 saturated carbocycles. The first-order valence-corrected chi connectivity index (χ1v) is 11.2. The van der Waals surface area contributed by atoms with Gasteiger partial charge in [-0.1, -0.05) is 24.3 Å². The summed E-state index contributed by atoms with van der Waals surface area (Å²) in [5.41, 5.74) is 1.57. The second-order valence-corrected chi connectivity index (χ2v) is 8.75.